The fourth-order valence-electron chi connectivity index (χ4n) is 0. The van der Waals surface area contributed by atoms with Crippen molar-refractivity contribution >= 4 is 35.6 Å². The summed E-state index contributed by atoms with van der Waals surface area (Å²) in [5.41, 5.74) is 0. The number of carbonyl (C=O) groups is 2. The average Bonchev–Trinajstić information content (AvgIpc) is 1.25. The Labute approximate surface area is 96.2 Å². The van der Waals surface area contributed by atoms with Crippen LogP contribution in [-0.4, -0.2) is 35.6 Å². The van der Waals surface area contributed by atoms with Crippen LogP contribution in [0.25, 0.3) is 0 Å². The smallest absolute Gasteiger partial charge is 0.550 e. The molecular weight excluding hydrogens is 440 g/mol. The number of hydrogen-bond acceptors (Lipinski definition) is 4. The number of carbonyl (C=O) groups excluding carboxylic acids is 2. The molecule has 0 rings (SSSR count). The Morgan fingerprint density at radius 1 is 1.00 bits per heavy atom. The van der Waals surface area contributed by atoms with Crippen LogP contribution in [0.3, 0.4) is 0 Å². The van der Waals surface area contributed by atoms with Crippen LogP contribution >= 0.6 is 0 Å². The molecule has 2 radical (unpaired) electrons. The largest absolute Gasteiger partial charge is 2.00 e. The third-order valence-electron chi connectivity index (χ3n) is 0. The molecule has 0 unspecified atom stereocenters. The van der Waals surface area contributed by atoms with Crippen molar-refractivity contribution in [2.24, 2.45) is 0 Å². The van der Waals surface area contributed by atoms with Crippen molar-refractivity contribution in [1.29, 1.82) is 0 Å². The molecule has 0 aromatic rings. The van der Waals surface area contributed by atoms with Gasteiger partial charge >= 0.3 is 27.7 Å². The van der Waals surface area contributed by atoms with Gasteiger partial charge in [0.15, 0.2) is 0 Å². The zero-order valence-electron chi connectivity index (χ0n) is 5.75. The van der Waals surface area contributed by atoms with E-state index in [0.29, 0.717) is 0 Å². The van der Waals surface area contributed by atoms with Crippen LogP contribution in [0, 0.1) is 0 Å². The third-order valence-corrected chi connectivity index (χ3v) is 0. The Bertz CT molecular complexity index is 75.3. The predicted octanol–water partition coefficient (Wildman–Crippen LogP) is -2.87. The van der Waals surface area contributed by atoms with Crippen LogP contribution in [0.2, 0.25) is 0 Å². The van der Waals surface area contributed by atoms with Gasteiger partial charge in [0.1, 0.15) is 0 Å². The molecule has 0 fully saturated rings. The first-order chi connectivity index (χ1) is 3.46. The molecule has 0 aliphatic rings. The Kier molecular flexibility index (Phi) is 36.6. The van der Waals surface area contributed by atoms with Gasteiger partial charge in [0.05, 0.1) is 0 Å². The SMILES string of the molecule is CC(=O)[O-].CC(=O)[O-].[Hg+2].[Te]. The van der Waals surface area contributed by atoms with Gasteiger partial charge in [0, 0.05) is 35.6 Å². The van der Waals surface area contributed by atoms with Crippen molar-refractivity contribution in [1.82, 2.24) is 0 Å². The van der Waals surface area contributed by atoms with Gasteiger partial charge in [-0.3, -0.25) is 0 Å². The van der Waals surface area contributed by atoms with Crippen molar-refractivity contribution < 1.29 is 47.5 Å². The van der Waals surface area contributed by atoms with Gasteiger partial charge < -0.3 is 19.8 Å². The minimum Gasteiger partial charge on any atom is -0.550 e. The molecule has 0 heterocycles. The molecule has 54 valence electrons. The molecule has 0 amide bonds. The summed E-state index contributed by atoms with van der Waals surface area (Å²) < 4.78 is 0. The number of carboxylic acids is 2. The predicted molar refractivity (Wildman–Crippen MR) is 27.1 cm³/mol. The van der Waals surface area contributed by atoms with E-state index in [1.54, 1.807) is 0 Å². The molecule has 0 atom stereocenters. The van der Waals surface area contributed by atoms with Crippen LogP contribution in [0.1, 0.15) is 13.8 Å². The van der Waals surface area contributed by atoms with Gasteiger partial charge in [0.2, 0.25) is 0 Å². The zero-order valence-corrected chi connectivity index (χ0v) is 13.6. The van der Waals surface area contributed by atoms with E-state index < -0.39 is 11.9 Å². The van der Waals surface area contributed by atoms with E-state index in [1.807, 2.05) is 0 Å². The van der Waals surface area contributed by atoms with E-state index in [1.165, 1.54) is 0 Å². The number of hydrogen-bond donors (Lipinski definition) is 0. The molecule has 0 aromatic heterocycles. The standard InChI is InChI=1S/2C2H4O2.Hg.Te/c2*1-2(3)4;;/h2*1H3,(H,3,4);;/q;;+2;/p-2. The first-order valence-corrected chi connectivity index (χ1v) is 1.82. The molecule has 10 heavy (non-hydrogen) atoms. The first-order valence-electron chi connectivity index (χ1n) is 1.82. The maximum absolute atomic E-state index is 8.89. The summed E-state index contributed by atoms with van der Waals surface area (Å²) >= 11 is 0. The quantitative estimate of drug-likeness (QED) is 0.375. The Balaban J connectivity index is -0.0000000300. The van der Waals surface area contributed by atoms with Crippen LogP contribution in [0.4, 0.5) is 0 Å². The Morgan fingerprint density at radius 2 is 1.00 bits per heavy atom. The second-order valence-electron chi connectivity index (χ2n) is 0.983. The summed E-state index contributed by atoms with van der Waals surface area (Å²) in [6.07, 6.45) is 0. The molecule has 0 bridgehead atoms. The van der Waals surface area contributed by atoms with Crippen LogP contribution in [0.15, 0.2) is 0 Å². The van der Waals surface area contributed by atoms with Gasteiger partial charge in [-0.25, -0.2) is 0 Å². The van der Waals surface area contributed by atoms with Gasteiger partial charge in [-0.2, -0.15) is 0 Å². The molecule has 0 spiro atoms. The fraction of sp³-hybridized carbons (Fsp3) is 0.500. The normalized spacial score (nSPS) is 5.00. The summed E-state index contributed by atoms with van der Waals surface area (Å²) in [5.74, 6) is -2.17. The molecular formula is C4H6HgO4Te. The minimum atomic E-state index is -1.08. The van der Waals surface area contributed by atoms with Crippen LogP contribution in [-0.2, 0) is 37.3 Å². The minimum absolute atomic E-state index is 0. The molecule has 0 saturated heterocycles. The molecule has 4 nitrogen and oxygen atoms in total. The van der Waals surface area contributed by atoms with Gasteiger partial charge in [0.25, 0.3) is 0 Å². The Hall–Kier alpha value is 0.665. The summed E-state index contributed by atoms with van der Waals surface area (Å²) in [5, 5.41) is 17.8. The molecule has 0 aliphatic carbocycles. The van der Waals surface area contributed by atoms with Gasteiger partial charge in [-0.1, -0.05) is 0 Å². The molecule has 0 saturated carbocycles. The van der Waals surface area contributed by atoms with E-state index in [-0.39, 0.29) is 51.3 Å². The van der Waals surface area contributed by atoms with Gasteiger partial charge in [-0.15, -0.1) is 0 Å². The number of aliphatic carboxylic acids is 2. The summed E-state index contributed by atoms with van der Waals surface area (Å²) in [7, 11) is 0. The first kappa shape index (κ1) is 22.4. The van der Waals surface area contributed by atoms with Crippen molar-refractivity contribution in [2.75, 3.05) is 0 Å². The summed E-state index contributed by atoms with van der Waals surface area (Å²) in [6.45, 7) is 1.94. The van der Waals surface area contributed by atoms with Gasteiger partial charge in [-0.05, 0) is 13.8 Å². The summed E-state index contributed by atoms with van der Waals surface area (Å²) in [4.78, 5) is 17.8. The molecule has 6 heteroatoms. The van der Waals surface area contributed by atoms with Crippen molar-refractivity contribution in [3.8, 4) is 0 Å². The van der Waals surface area contributed by atoms with Crippen molar-refractivity contribution in [3.05, 3.63) is 0 Å². The monoisotopic (exact) mass is 450 g/mol. The van der Waals surface area contributed by atoms with Crippen molar-refractivity contribution in [3.63, 3.8) is 0 Å². The zero-order chi connectivity index (χ0) is 7.15. The van der Waals surface area contributed by atoms with E-state index >= 15 is 0 Å². The second kappa shape index (κ2) is 16.3. The molecule has 0 N–H and O–H groups in total. The van der Waals surface area contributed by atoms with E-state index in [2.05, 4.69) is 0 Å². The Morgan fingerprint density at radius 3 is 1.00 bits per heavy atom. The van der Waals surface area contributed by atoms with Crippen LogP contribution < -0.4 is 10.2 Å². The van der Waals surface area contributed by atoms with E-state index in [0.717, 1.165) is 13.8 Å². The summed E-state index contributed by atoms with van der Waals surface area (Å²) in [6, 6.07) is 0. The molecule has 0 aromatic carbocycles. The number of carboxylic acid groups (broad SMARTS) is 2. The topological polar surface area (TPSA) is 80.3 Å². The fourth-order valence-corrected chi connectivity index (χ4v) is 0. The molecule has 0 aliphatic heterocycles. The van der Waals surface area contributed by atoms with E-state index in [4.69, 9.17) is 19.8 Å². The maximum atomic E-state index is 8.89. The maximum Gasteiger partial charge on any atom is 2.00 e. The van der Waals surface area contributed by atoms with Crippen LogP contribution in [0.5, 0.6) is 0 Å². The van der Waals surface area contributed by atoms with Crippen molar-refractivity contribution in [2.45, 2.75) is 13.8 Å². The second-order valence-corrected chi connectivity index (χ2v) is 0.983. The number of rotatable bonds is 0. The average molecular weight is 446 g/mol. The third kappa shape index (κ3) is 1150. The van der Waals surface area contributed by atoms with E-state index in [9.17, 15) is 0 Å².